The van der Waals surface area contributed by atoms with E-state index in [1.54, 1.807) is 37.7 Å². The van der Waals surface area contributed by atoms with Crippen molar-refractivity contribution in [3.8, 4) is 5.75 Å². The Kier molecular flexibility index (Phi) is 8.20. The smallest absolute Gasteiger partial charge is 0.273 e. The molecule has 0 atom stereocenters. The van der Waals surface area contributed by atoms with Gasteiger partial charge < -0.3 is 19.5 Å². The van der Waals surface area contributed by atoms with Crippen LogP contribution in [0.4, 0.5) is 0 Å². The van der Waals surface area contributed by atoms with Gasteiger partial charge in [-0.2, -0.15) is 0 Å². The van der Waals surface area contributed by atoms with Crippen LogP contribution in [0.1, 0.15) is 37.7 Å². The Balaban J connectivity index is 1.47. The van der Waals surface area contributed by atoms with E-state index in [1.165, 1.54) is 17.0 Å². The molecule has 36 heavy (non-hydrogen) atoms. The highest BCUT2D eigenvalue weighted by atomic mass is 35.5. The number of carbonyl (C=O) groups excluding carboxylic acids is 2. The minimum atomic E-state index is -0.397. The predicted octanol–water partition coefficient (Wildman–Crippen LogP) is 5.16. The van der Waals surface area contributed by atoms with E-state index < -0.39 is 5.91 Å². The molecule has 0 aliphatic carbocycles. The van der Waals surface area contributed by atoms with Gasteiger partial charge in [-0.3, -0.25) is 14.6 Å². The average molecular weight is 525 g/mol. The molecule has 0 bridgehead atoms. The van der Waals surface area contributed by atoms with E-state index in [2.05, 4.69) is 15.5 Å². The number of halogens is 2. The number of methoxy groups -OCH3 is 1. The summed E-state index contributed by atoms with van der Waals surface area (Å²) in [6.45, 7) is 0.614. The molecule has 184 valence electrons. The molecule has 2 aromatic heterocycles. The van der Waals surface area contributed by atoms with Gasteiger partial charge >= 0.3 is 0 Å². The molecule has 2 amide bonds. The molecular weight excluding hydrogens is 503 g/mol. The van der Waals surface area contributed by atoms with Crippen LogP contribution in [-0.4, -0.2) is 34.0 Å². The van der Waals surface area contributed by atoms with Gasteiger partial charge in [-0.05, 0) is 47.5 Å². The van der Waals surface area contributed by atoms with Crippen LogP contribution in [0.2, 0.25) is 10.0 Å². The first-order valence-corrected chi connectivity index (χ1v) is 11.7. The highest BCUT2D eigenvalue weighted by Gasteiger charge is 2.22. The number of hydrogen-bond acceptors (Lipinski definition) is 6. The molecule has 0 spiro atoms. The molecule has 4 aromatic rings. The first kappa shape index (κ1) is 25.2. The Bertz CT molecular complexity index is 1340. The summed E-state index contributed by atoms with van der Waals surface area (Å²) in [6, 6.07) is 17.2. The Morgan fingerprint density at radius 2 is 1.83 bits per heavy atom. The highest BCUT2D eigenvalue weighted by molar-refractivity contribution is 6.36. The van der Waals surface area contributed by atoms with E-state index in [0.29, 0.717) is 22.9 Å². The van der Waals surface area contributed by atoms with Gasteiger partial charge in [-0.25, -0.2) is 0 Å². The van der Waals surface area contributed by atoms with Crippen LogP contribution in [0.15, 0.2) is 77.6 Å². The number of pyridine rings is 1. The second-order valence-electron chi connectivity index (χ2n) is 7.86. The third-order valence-electron chi connectivity index (χ3n) is 5.30. The van der Waals surface area contributed by atoms with Crippen molar-refractivity contribution in [2.24, 2.45) is 0 Å². The Hall–Kier alpha value is -3.88. The quantitative estimate of drug-likeness (QED) is 0.324. The Labute approximate surface area is 217 Å². The number of rotatable bonds is 9. The summed E-state index contributed by atoms with van der Waals surface area (Å²) in [6.07, 6.45) is 3.32. The zero-order valence-corrected chi connectivity index (χ0v) is 20.8. The number of nitrogens with one attached hydrogen (secondary N) is 1. The molecule has 8 nitrogen and oxygen atoms in total. The van der Waals surface area contributed by atoms with Gasteiger partial charge in [0.2, 0.25) is 0 Å². The summed E-state index contributed by atoms with van der Waals surface area (Å²) in [5, 5.41) is 7.34. The summed E-state index contributed by atoms with van der Waals surface area (Å²) in [5.74, 6) is 0.345. The molecule has 1 N–H and O–H groups in total. The van der Waals surface area contributed by atoms with E-state index in [1.807, 2.05) is 30.3 Å². The summed E-state index contributed by atoms with van der Waals surface area (Å²) in [5.41, 5.74) is 2.12. The van der Waals surface area contributed by atoms with E-state index in [0.717, 1.165) is 16.9 Å². The Morgan fingerprint density at radius 3 is 2.53 bits per heavy atom. The molecule has 0 saturated carbocycles. The molecule has 0 aliphatic heterocycles. The van der Waals surface area contributed by atoms with Crippen LogP contribution < -0.4 is 10.1 Å². The number of nitrogens with zero attached hydrogens (tertiary/aromatic N) is 3. The SMILES string of the molecule is COc1ccc(CNC(=O)c2cc(CN(Cc3cccnc3)C(=O)c3ccc(Cl)cc3Cl)on2)cc1. The van der Waals surface area contributed by atoms with Gasteiger partial charge in [0, 0.05) is 36.6 Å². The van der Waals surface area contributed by atoms with Gasteiger partial charge in [-0.1, -0.05) is 46.6 Å². The van der Waals surface area contributed by atoms with Crippen molar-refractivity contribution in [2.45, 2.75) is 19.6 Å². The van der Waals surface area contributed by atoms with E-state index >= 15 is 0 Å². The number of benzene rings is 2. The molecule has 10 heteroatoms. The largest absolute Gasteiger partial charge is 0.497 e. The van der Waals surface area contributed by atoms with Gasteiger partial charge in [0.1, 0.15) is 5.75 Å². The van der Waals surface area contributed by atoms with Crippen molar-refractivity contribution in [2.75, 3.05) is 7.11 Å². The Morgan fingerprint density at radius 1 is 1.03 bits per heavy atom. The normalized spacial score (nSPS) is 10.6. The number of ether oxygens (including phenoxy) is 1. The van der Waals surface area contributed by atoms with Crippen molar-refractivity contribution in [1.82, 2.24) is 20.4 Å². The lowest BCUT2D eigenvalue weighted by Crippen LogP contribution is -2.30. The molecule has 0 unspecified atom stereocenters. The number of carbonyl (C=O) groups is 2. The lowest BCUT2D eigenvalue weighted by molar-refractivity contribution is 0.0713. The highest BCUT2D eigenvalue weighted by Crippen LogP contribution is 2.24. The fourth-order valence-corrected chi connectivity index (χ4v) is 3.93. The van der Waals surface area contributed by atoms with E-state index in [-0.39, 0.29) is 29.7 Å². The number of amides is 2. The van der Waals surface area contributed by atoms with Crippen LogP contribution >= 0.6 is 23.2 Å². The zero-order chi connectivity index (χ0) is 25.5. The van der Waals surface area contributed by atoms with Gasteiger partial charge in [-0.15, -0.1) is 0 Å². The van der Waals surface area contributed by atoms with Gasteiger partial charge in [0.05, 0.1) is 24.2 Å². The van der Waals surface area contributed by atoms with Crippen LogP contribution in [0.3, 0.4) is 0 Å². The van der Waals surface area contributed by atoms with E-state index in [4.69, 9.17) is 32.5 Å². The van der Waals surface area contributed by atoms with Crippen molar-refractivity contribution in [3.63, 3.8) is 0 Å². The zero-order valence-electron chi connectivity index (χ0n) is 19.3. The fraction of sp³-hybridized carbons (Fsp3) is 0.154. The van der Waals surface area contributed by atoms with Crippen molar-refractivity contribution in [3.05, 3.63) is 111 Å². The van der Waals surface area contributed by atoms with Crippen molar-refractivity contribution < 1.29 is 18.8 Å². The molecule has 2 heterocycles. The first-order chi connectivity index (χ1) is 17.4. The molecular formula is C26H22Cl2N4O4. The average Bonchev–Trinajstić information content (AvgIpc) is 3.36. The maximum absolute atomic E-state index is 13.4. The van der Waals surface area contributed by atoms with Crippen LogP contribution in [0.5, 0.6) is 5.75 Å². The minimum Gasteiger partial charge on any atom is -0.497 e. The topological polar surface area (TPSA) is 97.6 Å². The molecule has 0 radical (unpaired) electrons. The summed E-state index contributed by atoms with van der Waals surface area (Å²) < 4.78 is 10.5. The second kappa shape index (κ2) is 11.7. The monoisotopic (exact) mass is 524 g/mol. The number of aromatic nitrogens is 2. The second-order valence-corrected chi connectivity index (χ2v) is 8.70. The summed E-state index contributed by atoms with van der Waals surface area (Å²) in [7, 11) is 1.59. The van der Waals surface area contributed by atoms with Crippen LogP contribution in [0.25, 0.3) is 0 Å². The van der Waals surface area contributed by atoms with E-state index in [9.17, 15) is 9.59 Å². The maximum Gasteiger partial charge on any atom is 0.273 e. The maximum atomic E-state index is 13.4. The molecule has 0 saturated heterocycles. The molecule has 2 aromatic carbocycles. The molecule has 0 fully saturated rings. The third-order valence-corrected chi connectivity index (χ3v) is 5.84. The van der Waals surface area contributed by atoms with Crippen LogP contribution in [0, 0.1) is 0 Å². The van der Waals surface area contributed by atoms with Crippen molar-refractivity contribution >= 4 is 35.0 Å². The number of hydrogen-bond donors (Lipinski definition) is 1. The van der Waals surface area contributed by atoms with Crippen molar-refractivity contribution in [1.29, 1.82) is 0 Å². The summed E-state index contributed by atoms with van der Waals surface area (Å²) in [4.78, 5) is 31.6. The fourth-order valence-electron chi connectivity index (χ4n) is 3.44. The van der Waals surface area contributed by atoms with Gasteiger partial charge in [0.25, 0.3) is 11.8 Å². The first-order valence-electron chi connectivity index (χ1n) is 10.9. The standard InChI is InChI=1S/C26H22Cl2N4O4/c1-35-20-7-4-17(5-8-20)14-30-25(33)24-12-21(36-31-24)16-32(15-18-3-2-10-29-13-18)26(34)22-9-6-19(27)11-23(22)28/h2-13H,14-16H2,1H3,(H,30,33). The predicted molar refractivity (Wildman–Crippen MR) is 135 cm³/mol. The molecule has 0 aliphatic rings. The van der Waals surface area contributed by atoms with Gasteiger partial charge in [0.15, 0.2) is 11.5 Å². The molecule has 4 rings (SSSR count). The third kappa shape index (κ3) is 6.41. The lowest BCUT2D eigenvalue weighted by Gasteiger charge is -2.22. The van der Waals surface area contributed by atoms with Crippen LogP contribution in [-0.2, 0) is 19.6 Å². The minimum absolute atomic E-state index is 0.0610. The summed E-state index contributed by atoms with van der Waals surface area (Å²) >= 11 is 12.3. The lowest BCUT2D eigenvalue weighted by atomic mass is 10.1.